The van der Waals surface area contributed by atoms with Crippen molar-refractivity contribution in [2.45, 2.75) is 25.8 Å². The molecule has 5 nitrogen and oxygen atoms in total. The Morgan fingerprint density at radius 1 is 1.16 bits per heavy atom. The van der Waals surface area contributed by atoms with E-state index in [1.165, 1.54) is 6.07 Å². The summed E-state index contributed by atoms with van der Waals surface area (Å²) >= 11 is 0. The van der Waals surface area contributed by atoms with E-state index in [9.17, 15) is 4.39 Å². The highest BCUT2D eigenvalue weighted by molar-refractivity contribution is 5.44. The van der Waals surface area contributed by atoms with E-state index in [0.29, 0.717) is 29.9 Å². The third kappa shape index (κ3) is 3.96. The van der Waals surface area contributed by atoms with Gasteiger partial charge < -0.3 is 8.94 Å². The minimum Gasteiger partial charge on any atom is -0.461 e. The first kappa shape index (κ1) is 16.0. The minimum absolute atomic E-state index is 0.154. The van der Waals surface area contributed by atoms with Crippen LogP contribution in [-0.4, -0.2) is 28.1 Å². The van der Waals surface area contributed by atoms with E-state index < -0.39 is 0 Å². The Labute approximate surface area is 145 Å². The van der Waals surface area contributed by atoms with Crippen molar-refractivity contribution in [3.8, 4) is 11.6 Å². The fraction of sp³-hybridized carbons (Fsp3) is 0.368. The number of furan rings is 1. The quantitative estimate of drug-likeness (QED) is 0.704. The van der Waals surface area contributed by atoms with E-state index in [0.717, 1.165) is 37.9 Å². The second kappa shape index (κ2) is 7.19. The van der Waals surface area contributed by atoms with Crippen molar-refractivity contribution in [3.63, 3.8) is 0 Å². The molecule has 0 radical (unpaired) electrons. The van der Waals surface area contributed by atoms with Crippen molar-refractivity contribution >= 4 is 0 Å². The fourth-order valence-corrected chi connectivity index (χ4v) is 3.36. The molecule has 0 amide bonds. The molecule has 0 spiro atoms. The van der Waals surface area contributed by atoms with E-state index >= 15 is 0 Å². The molecule has 1 saturated heterocycles. The predicted molar refractivity (Wildman–Crippen MR) is 90.1 cm³/mol. The number of rotatable bonds is 5. The van der Waals surface area contributed by atoms with Crippen LogP contribution in [0.3, 0.4) is 0 Å². The second-order valence-corrected chi connectivity index (χ2v) is 6.54. The molecule has 0 unspecified atom stereocenters. The van der Waals surface area contributed by atoms with Crippen LogP contribution in [0.4, 0.5) is 4.39 Å². The molecule has 1 aliphatic heterocycles. The molecule has 0 aliphatic carbocycles. The Hall–Kier alpha value is -2.47. The Bertz CT molecular complexity index is 808. The van der Waals surface area contributed by atoms with Gasteiger partial charge in [-0.15, -0.1) is 0 Å². The van der Waals surface area contributed by atoms with E-state index in [-0.39, 0.29) is 5.82 Å². The molecular weight excluding hydrogens is 321 g/mol. The summed E-state index contributed by atoms with van der Waals surface area (Å²) in [7, 11) is 0. The lowest BCUT2D eigenvalue weighted by Gasteiger charge is -2.31. The summed E-state index contributed by atoms with van der Waals surface area (Å²) < 4.78 is 23.9. The maximum absolute atomic E-state index is 13.3. The largest absolute Gasteiger partial charge is 0.461 e. The van der Waals surface area contributed by atoms with Crippen LogP contribution in [0.2, 0.25) is 0 Å². The number of aromatic nitrogens is 2. The van der Waals surface area contributed by atoms with E-state index in [1.54, 1.807) is 24.5 Å². The molecule has 0 bridgehead atoms. The van der Waals surface area contributed by atoms with Gasteiger partial charge >= 0.3 is 0 Å². The Morgan fingerprint density at radius 3 is 2.80 bits per heavy atom. The Balaban J connectivity index is 1.29. The SMILES string of the molecule is Fc1cccc(CC2CCN(Cc3nc(-c4ccco4)no3)CC2)c1. The third-order valence-electron chi connectivity index (χ3n) is 4.69. The highest BCUT2D eigenvalue weighted by atomic mass is 19.1. The van der Waals surface area contributed by atoms with Gasteiger partial charge in [-0.1, -0.05) is 17.3 Å². The number of benzene rings is 1. The van der Waals surface area contributed by atoms with Crippen LogP contribution in [0.15, 0.2) is 51.6 Å². The summed E-state index contributed by atoms with van der Waals surface area (Å²) in [6.45, 7) is 2.62. The maximum Gasteiger partial charge on any atom is 0.241 e. The van der Waals surface area contributed by atoms with Crippen molar-refractivity contribution in [1.29, 1.82) is 0 Å². The van der Waals surface area contributed by atoms with Crippen LogP contribution in [0.25, 0.3) is 11.6 Å². The van der Waals surface area contributed by atoms with E-state index in [2.05, 4.69) is 15.0 Å². The molecule has 3 heterocycles. The summed E-state index contributed by atoms with van der Waals surface area (Å²) in [5, 5.41) is 3.96. The monoisotopic (exact) mass is 341 g/mol. The van der Waals surface area contributed by atoms with Crippen molar-refractivity contribution in [2.75, 3.05) is 13.1 Å². The maximum atomic E-state index is 13.3. The van der Waals surface area contributed by atoms with Gasteiger partial charge in [-0.2, -0.15) is 4.98 Å². The Morgan fingerprint density at radius 2 is 2.04 bits per heavy atom. The first-order valence-corrected chi connectivity index (χ1v) is 8.59. The molecule has 1 fully saturated rings. The predicted octanol–water partition coefficient (Wildman–Crippen LogP) is 3.92. The molecule has 0 saturated carbocycles. The van der Waals surface area contributed by atoms with Gasteiger partial charge in [-0.05, 0) is 68.1 Å². The van der Waals surface area contributed by atoms with Crippen molar-refractivity contribution in [3.05, 3.63) is 59.9 Å². The van der Waals surface area contributed by atoms with Gasteiger partial charge in [-0.3, -0.25) is 4.90 Å². The lowest BCUT2D eigenvalue weighted by molar-refractivity contribution is 0.159. The lowest BCUT2D eigenvalue weighted by Crippen LogP contribution is -2.34. The van der Waals surface area contributed by atoms with Gasteiger partial charge in [0.1, 0.15) is 5.82 Å². The third-order valence-corrected chi connectivity index (χ3v) is 4.69. The number of likely N-dealkylation sites (tertiary alicyclic amines) is 1. The fourth-order valence-electron chi connectivity index (χ4n) is 3.36. The second-order valence-electron chi connectivity index (χ2n) is 6.54. The molecule has 1 aromatic carbocycles. The Kier molecular flexibility index (Phi) is 4.61. The molecule has 0 N–H and O–H groups in total. The molecule has 6 heteroatoms. The average Bonchev–Trinajstić information content (AvgIpc) is 3.28. The summed E-state index contributed by atoms with van der Waals surface area (Å²) in [5.74, 6) is 2.15. The number of hydrogen-bond acceptors (Lipinski definition) is 5. The topological polar surface area (TPSA) is 55.3 Å². The summed E-state index contributed by atoms with van der Waals surface area (Å²) in [4.78, 5) is 6.71. The van der Waals surface area contributed by atoms with Crippen LogP contribution < -0.4 is 0 Å². The zero-order valence-corrected chi connectivity index (χ0v) is 13.9. The smallest absolute Gasteiger partial charge is 0.241 e. The summed E-state index contributed by atoms with van der Waals surface area (Å²) in [6, 6.07) is 10.5. The molecule has 0 atom stereocenters. The van der Waals surface area contributed by atoms with Crippen LogP contribution in [0.1, 0.15) is 24.3 Å². The summed E-state index contributed by atoms with van der Waals surface area (Å²) in [5.41, 5.74) is 1.08. The number of hydrogen-bond donors (Lipinski definition) is 0. The first-order chi connectivity index (χ1) is 12.3. The molecule has 130 valence electrons. The normalized spacial score (nSPS) is 16.4. The molecule has 25 heavy (non-hydrogen) atoms. The van der Waals surface area contributed by atoms with Gasteiger partial charge in [-0.25, -0.2) is 4.39 Å². The van der Waals surface area contributed by atoms with Crippen LogP contribution >= 0.6 is 0 Å². The van der Waals surface area contributed by atoms with Crippen molar-refractivity contribution in [2.24, 2.45) is 5.92 Å². The minimum atomic E-state index is -0.154. The molecule has 4 rings (SSSR count). The van der Waals surface area contributed by atoms with Crippen molar-refractivity contribution < 1.29 is 13.3 Å². The molecule has 1 aliphatic rings. The molecular formula is C19H20FN3O2. The zero-order chi connectivity index (χ0) is 17.1. The van der Waals surface area contributed by atoms with Crippen LogP contribution in [0, 0.1) is 11.7 Å². The van der Waals surface area contributed by atoms with E-state index in [1.807, 2.05) is 12.1 Å². The zero-order valence-electron chi connectivity index (χ0n) is 13.9. The number of nitrogens with zero attached hydrogens (tertiary/aromatic N) is 3. The standard InChI is InChI=1S/C19H20FN3O2/c20-16-4-1-3-15(12-16)11-14-6-8-23(9-7-14)13-18-21-19(22-25-18)17-5-2-10-24-17/h1-5,10,12,14H,6-9,11,13H2. The van der Waals surface area contributed by atoms with Gasteiger partial charge in [0.25, 0.3) is 0 Å². The van der Waals surface area contributed by atoms with Crippen LogP contribution in [-0.2, 0) is 13.0 Å². The van der Waals surface area contributed by atoms with Crippen molar-refractivity contribution in [1.82, 2.24) is 15.0 Å². The summed E-state index contributed by atoms with van der Waals surface area (Å²) in [6.07, 6.45) is 4.72. The number of piperidine rings is 1. The molecule has 2 aromatic heterocycles. The van der Waals surface area contributed by atoms with Gasteiger partial charge in [0, 0.05) is 0 Å². The highest BCUT2D eigenvalue weighted by Crippen LogP contribution is 2.23. The van der Waals surface area contributed by atoms with Crippen LogP contribution in [0.5, 0.6) is 0 Å². The average molecular weight is 341 g/mol. The molecule has 3 aromatic rings. The van der Waals surface area contributed by atoms with Gasteiger partial charge in [0.2, 0.25) is 11.7 Å². The lowest BCUT2D eigenvalue weighted by atomic mass is 9.90. The van der Waals surface area contributed by atoms with Gasteiger partial charge in [0.05, 0.1) is 12.8 Å². The first-order valence-electron chi connectivity index (χ1n) is 8.59. The number of halogens is 1. The highest BCUT2D eigenvalue weighted by Gasteiger charge is 2.21. The van der Waals surface area contributed by atoms with E-state index in [4.69, 9.17) is 8.94 Å². The van der Waals surface area contributed by atoms with Gasteiger partial charge in [0.15, 0.2) is 5.76 Å².